The lowest BCUT2D eigenvalue weighted by Gasteiger charge is -2.08. The van der Waals surface area contributed by atoms with Crippen LogP contribution in [0.5, 0.6) is 0 Å². The number of hydrogen-bond donors (Lipinski definition) is 1. The topological polar surface area (TPSA) is 63.2 Å². The van der Waals surface area contributed by atoms with Crippen molar-refractivity contribution in [2.45, 2.75) is 4.90 Å². The standard InChI is InChI=1S/C20H17NO3S/c22-20(18-9-5-2-6-10-18)15-21-25(23,24)19-13-11-17(12-14-19)16-7-3-1-4-8-16/h1-14,21H,15H2. The Labute approximate surface area is 147 Å². The van der Waals surface area contributed by atoms with E-state index in [9.17, 15) is 13.2 Å². The summed E-state index contributed by atoms with van der Waals surface area (Å²) >= 11 is 0. The molecule has 0 aromatic heterocycles. The molecule has 0 saturated carbocycles. The molecule has 5 heteroatoms. The van der Waals surface area contributed by atoms with E-state index in [1.807, 2.05) is 30.3 Å². The zero-order valence-electron chi connectivity index (χ0n) is 13.4. The molecular weight excluding hydrogens is 334 g/mol. The summed E-state index contributed by atoms with van der Waals surface area (Å²) in [6.07, 6.45) is 0. The van der Waals surface area contributed by atoms with E-state index < -0.39 is 10.0 Å². The van der Waals surface area contributed by atoms with E-state index in [0.29, 0.717) is 5.56 Å². The van der Waals surface area contributed by atoms with Crippen LogP contribution < -0.4 is 4.72 Å². The Morgan fingerprint density at radius 3 is 1.84 bits per heavy atom. The van der Waals surface area contributed by atoms with Crippen molar-refractivity contribution in [1.82, 2.24) is 4.72 Å². The molecular formula is C20H17NO3S. The van der Waals surface area contributed by atoms with Crippen LogP contribution in [0.3, 0.4) is 0 Å². The lowest BCUT2D eigenvalue weighted by atomic mass is 10.1. The fraction of sp³-hybridized carbons (Fsp3) is 0.0500. The minimum atomic E-state index is -3.73. The van der Waals surface area contributed by atoms with Gasteiger partial charge in [-0.25, -0.2) is 13.1 Å². The zero-order chi connectivity index (χ0) is 17.7. The molecule has 0 atom stereocenters. The van der Waals surface area contributed by atoms with E-state index in [0.717, 1.165) is 11.1 Å². The molecule has 3 aromatic rings. The van der Waals surface area contributed by atoms with Crippen LogP contribution in [0.15, 0.2) is 89.8 Å². The van der Waals surface area contributed by atoms with Crippen molar-refractivity contribution in [2.24, 2.45) is 0 Å². The van der Waals surface area contributed by atoms with Crippen LogP contribution in [0, 0.1) is 0 Å². The lowest BCUT2D eigenvalue weighted by molar-refractivity contribution is 0.0997. The van der Waals surface area contributed by atoms with Crippen LogP contribution >= 0.6 is 0 Å². The highest BCUT2D eigenvalue weighted by Crippen LogP contribution is 2.20. The third kappa shape index (κ3) is 4.21. The highest BCUT2D eigenvalue weighted by atomic mass is 32.2. The Morgan fingerprint density at radius 1 is 0.720 bits per heavy atom. The van der Waals surface area contributed by atoms with Gasteiger partial charge in [-0.3, -0.25) is 4.79 Å². The lowest BCUT2D eigenvalue weighted by Crippen LogP contribution is -2.29. The molecule has 126 valence electrons. The molecule has 4 nitrogen and oxygen atoms in total. The van der Waals surface area contributed by atoms with E-state index in [-0.39, 0.29) is 17.2 Å². The summed E-state index contributed by atoms with van der Waals surface area (Å²) in [5.41, 5.74) is 2.42. The maximum absolute atomic E-state index is 12.4. The van der Waals surface area contributed by atoms with Gasteiger partial charge in [0.15, 0.2) is 5.78 Å². The molecule has 0 radical (unpaired) electrons. The average molecular weight is 351 g/mol. The number of Topliss-reactive ketones (excluding diaryl/α,β-unsaturated/α-hetero) is 1. The van der Waals surface area contributed by atoms with Gasteiger partial charge >= 0.3 is 0 Å². The molecule has 0 unspecified atom stereocenters. The Balaban J connectivity index is 1.71. The van der Waals surface area contributed by atoms with E-state index in [1.54, 1.807) is 42.5 Å². The summed E-state index contributed by atoms with van der Waals surface area (Å²) in [5.74, 6) is -0.273. The second-order valence-corrected chi connectivity index (χ2v) is 7.27. The minimum absolute atomic E-state index is 0.132. The first-order chi connectivity index (χ1) is 12.1. The van der Waals surface area contributed by atoms with Crippen LogP contribution in [-0.4, -0.2) is 20.7 Å². The van der Waals surface area contributed by atoms with Crippen molar-refractivity contribution in [3.05, 3.63) is 90.5 Å². The van der Waals surface area contributed by atoms with Gasteiger partial charge in [0.05, 0.1) is 11.4 Å². The average Bonchev–Trinajstić information content (AvgIpc) is 2.68. The van der Waals surface area contributed by atoms with Crippen molar-refractivity contribution >= 4 is 15.8 Å². The Morgan fingerprint density at radius 2 is 1.24 bits per heavy atom. The van der Waals surface area contributed by atoms with Crippen LogP contribution in [0.4, 0.5) is 0 Å². The molecule has 25 heavy (non-hydrogen) atoms. The first kappa shape index (κ1) is 17.1. The molecule has 0 fully saturated rings. The molecule has 0 aliphatic rings. The van der Waals surface area contributed by atoms with Crippen LogP contribution in [0.1, 0.15) is 10.4 Å². The third-order valence-corrected chi connectivity index (χ3v) is 5.21. The van der Waals surface area contributed by atoms with Crippen molar-refractivity contribution in [1.29, 1.82) is 0 Å². The van der Waals surface area contributed by atoms with Gasteiger partial charge in [0.1, 0.15) is 0 Å². The maximum Gasteiger partial charge on any atom is 0.240 e. The third-order valence-electron chi connectivity index (χ3n) is 3.79. The smallest absolute Gasteiger partial charge is 0.240 e. The molecule has 0 spiro atoms. The number of rotatable bonds is 6. The molecule has 0 bridgehead atoms. The predicted molar refractivity (Wildman–Crippen MR) is 97.8 cm³/mol. The molecule has 3 aromatic carbocycles. The van der Waals surface area contributed by atoms with Gasteiger partial charge in [-0.2, -0.15) is 0 Å². The SMILES string of the molecule is O=C(CNS(=O)(=O)c1ccc(-c2ccccc2)cc1)c1ccccc1. The molecule has 1 N–H and O–H groups in total. The molecule has 3 rings (SSSR count). The van der Waals surface area contributed by atoms with E-state index in [4.69, 9.17) is 0 Å². The quantitative estimate of drug-likeness (QED) is 0.691. The summed E-state index contributed by atoms with van der Waals surface area (Å²) in [4.78, 5) is 12.2. The fourth-order valence-corrected chi connectivity index (χ4v) is 3.41. The first-order valence-electron chi connectivity index (χ1n) is 7.80. The minimum Gasteiger partial charge on any atom is -0.293 e. The summed E-state index contributed by atoms with van der Waals surface area (Å²) in [6, 6.07) is 24.9. The fourth-order valence-electron chi connectivity index (χ4n) is 2.43. The number of ketones is 1. The molecule has 0 aliphatic carbocycles. The molecule has 0 aliphatic heterocycles. The van der Waals surface area contributed by atoms with Crippen LogP contribution in [0.2, 0.25) is 0 Å². The van der Waals surface area contributed by atoms with Gasteiger partial charge in [0.25, 0.3) is 0 Å². The van der Waals surface area contributed by atoms with Crippen molar-refractivity contribution < 1.29 is 13.2 Å². The number of sulfonamides is 1. The number of carbonyl (C=O) groups excluding carboxylic acids is 1. The van der Waals surface area contributed by atoms with E-state index in [2.05, 4.69) is 4.72 Å². The monoisotopic (exact) mass is 351 g/mol. The zero-order valence-corrected chi connectivity index (χ0v) is 14.2. The van der Waals surface area contributed by atoms with Gasteiger partial charge < -0.3 is 0 Å². The van der Waals surface area contributed by atoms with Gasteiger partial charge in [-0.1, -0.05) is 72.8 Å². The summed E-state index contributed by atoms with van der Waals surface area (Å²) in [5, 5.41) is 0. The van der Waals surface area contributed by atoms with Gasteiger partial charge in [-0.15, -0.1) is 0 Å². The molecule has 0 saturated heterocycles. The summed E-state index contributed by atoms with van der Waals surface area (Å²) < 4.78 is 27.1. The summed E-state index contributed by atoms with van der Waals surface area (Å²) in [6.45, 7) is -0.271. The van der Waals surface area contributed by atoms with Crippen molar-refractivity contribution in [3.63, 3.8) is 0 Å². The highest BCUT2D eigenvalue weighted by molar-refractivity contribution is 7.89. The van der Waals surface area contributed by atoms with Gasteiger partial charge in [0, 0.05) is 5.56 Å². The van der Waals surface area contributed by atoms with E-state index >= 15 is 0 Å². The van der Waals surface area contributed by atoms with Gasteiger partial charge in [-0.05, 0) is 23.3 Å². The van der Waals surface area contributed by atoms with Crippen molar-refractivity contribution in [2.75, 3.05) is 6.54 Å². The number of benzene rings is 3. The molecule has 0 heterocycles. The van der Waals surface area contributed by atoms with Crippen LogP contribution in [0.25, 0.3) is 11.1 Å². The van der Waals surface area contributed by atoms with Crippen LogP contribution in [-0.2, 0) is 10.0 Å². The van der Waals surface area contributed by atoms with Gasteiger partial charge in [0.2, 0.25) is 10.0 Å². The second-order valence-electron chi connectivity index (χ2n) is 5.50. The Kier molecular flexibility index (Phi) is 5.07. The predicted octanol–water partition coefficient (Wildman–Crippen LogP) is 3.51. The largest absolute Gasteiger partial charge is 0.293 e. The first-order valence-corrected chi connectivity index (χ1v) is 9.28. The Hall–Kier alpha value is -2.76. The number of carbonyl (C=O) groups is 1. The number of hydrogen-bond acceptors (Lipinski definition) is 3. The highest BCUT2D eigenvalue weighted by Gasteiger charge is 2.16. The summed E-state index contributed by atoms with van der Waals surface area (Å²) in [7, 11) is -3.73. The molecule has 0 amide bonds. The Bertz CT molecular complexity index is 951. The normalized spacial score (nSPS) is 11.2. The number of nitrogens with one attached hydrogen (secondary N) is 1. The maximum atomic E-state index is 12.4. The second kappa shape index (κ2) is 7.42. The van der Waals surface area contributed by atoms with Crippen molar-refractivity contribution in [3.8, 4) is 11.1 Å². The van der Waals surface area contributed by atoms with E-state index in [1.165, 1.54) is 12.1 Å².